The molecule has 0 saturated heterocycles. The minimum absolute atomic E-state index is 0.287. The van der Waals surface area contributed by atoms with Crippen LogP contribution < -0.4 is 4.74 Å². The molecule has 6 rings (SSSR count). The van der Waals surface area contributed by atoms with Crippen LogP contribution in [0.25, 0.3) is 56.0 Å². The summed E-state index contributed by atoms with van der Waals surface area (Å²) in [5.74, 6) is 0.937. The molecule has 0 amide bonds. The van der Waals surface area contributed by atoms with Gasteiger partial charge in [0.15, 0.2) is 17.1 Å². The van der Waals surface area contributed by atoms with Crippen LogP contribution in [-0.2, 0) is 0 Å². The van der Waals surface area contributed by atoms with Crippen LogP contribution in [0.1, 0.15) is 5.56 Å². The Morgan fingerprint density at radius 1 is 0.912 bits per heavy atom. The molecule has 0 aliphatic heterocycles. The second-order valence-corrected chi connectivity index (χ2v) is 7.97. The lowest BCUT2D eigenvalue weighted by atomic mass is 10.0. The quantitative estimate of drug-likeness (QED) is 0.387. The Kier molecular flexibility index (Phi) is 4.54. The molecule has 0 fully saturated rings. The summed E-state index contributed by atoms with van der Waals surface area (Å²) in [5.41, 5.74) is 6.63. The molecule has 6 aromatic rings. The summed E-state index contributed by atoms with van der Waals surface area (Å²) < 4.78 is 19.4. The zero-order chi connectivity index (χ0) is 23.2. The van der Waals surface area contributed by atoms with Crippen LogP contribution in [0.2, 0.25) is 0 Å². The fraction of sp³-hybridized carbons (Fsp3) is 0.0800. The van der Waals surface area contributed by atoms with Crippen molar-refractivity contribution >= 4 is 22.2 Å². The predicted molar refractivity (Wildman–Crippen MR) is 127 cm³/mol. The maximum absolute atomic E-state index is 14.1. The number of hydrogen-bond acceptors (Lipinski definition) is 6. The average molecular weight is 451 g/mol. The van der Waals surface area contributed by atoms with Crippen molar-refractivity contribution in [1.82, 2.24) is 35.1 Å². The molecule has 8 nitrogen and oxygen atoms in total. The standard InChI is InChI=1S/C25H18FN7O/c1-13-5-14(7-17(26)6-13)19-3-4-28-24-21(19)30-25(31-24)22-20-9-16(11-29-23(20)33-32-22)15-8-18(34-2)12-27-10-15/h3-12H,1-2H3,(H,28,30,31)(H,29,32,33). The number of nitrogens with one attached hydrogen (secondary N) is 2. The van der Waals surface area contributed by atoms with E-state index in [1.165, 1.54) is 12.1 Å². The molecule has 0 spiro atoms. The lowest BCUT2D eigenvalue weighted by Gasteiger charge is -2.05. The van der Waals surface area contributed by atoms with Gasteiger partial charge >= 0.3 is 0 Å². The molecule has 0 aliphatic rings. The first kappa shape index (κ1) is 20.0. The molecule has 0 saturated carbocycles. The van der Waals surface area contributed by atoms with E-state index in [0.717, 1.165) is 33.2 Å². The third kappa shape index (κ3) is 3.34. The smallest absolute Gasteiger partial charge is 0.181 e. The van der Waals surface area contributed by atoms with Crippen molar-refractivity contribution in [3.63, 3.8) is 0 Å². The topological polar surface area (TPSA) is 105 Å². The number of imidazole rings is 1. The van der Waals surface area contributed by atoms with Gasteiger partial charge in [0.2, 0.25) is 0 Å². The third-order valence-electron chi connectivity index (χ3n) is 5.67. The van der Waals surface area contributed by atoms with Crippen molar-refractivity contribution in [1.29, 1.82) is 0 Å². The Morgan fingerprint density at radius 2 is 1.79 bits per heavy atom. The van der Waals surface area contributed by atoms with Crippen molar-refractivity contribution in [3.05, 3.63) is 72.6 Å². The molecule has 0 atom stereocenters. The Balaban J connectivity index is 1.49. The summed E-state index contributed by atoms with van der Waals surface area (Å²) in [5, 5.41) is 8.16. The van der Waals surface area contributed by atoms with E-state index in [1.807, 2.05) is 31.2 Å². The summed E-state index contributed by atoms with van der Waals surface area (Å²) in [6.45, 7) is 1.86. The maximum Gasteiger partial charge on any atom is 0.181 e. The van der Waals surface area contributed by atoms with Gasteiger partial charge in [-0.25, -0.2) is 19.3 Å². The Hall–Kier alpha value is -4.66. The number of fused-ring (bicyclic) bond motifs is 2. The summed E-state index contributed by atoms with van der Waals surface area (Å²) in [6, 6.07) is 10.7. The van der Waals surface area contributed by atoms with Crippen LogP contribution in [0, 0.1) is 12.7 Å². The van der Waals surface area contributed by atoms with Crippen molar-refractivity contribution in [2.24, 2.45) is 0 Å². The number of rotatable bonds is 4. The SMILES string of the molecule is COc1cncc(-c2cnc3n[nH]c(-c4nc5nccc(-c6cc(C)cc(F)c6)c5[nH]4)c3c2)c1. The van der Waals surface area contributed by atoms with Gasteiger partial charge in [-0.1, -0.05) is 6.07 Å². The number of aryl methyl sites for hydroxylation is 1. The van der Waals surface area contributed by atoms with Gasteiger partial charge in [0.1, 0.15) is 17.3 Å². The van der Waals surface area contributed by atoms with Gasteiger partial charge < -0.3 is 9.72 Å². The molecule has 9 heteroatoms. The van der Waals surface area contributed by atoms with E-state index in [-0.39, 0.29) is 5.82 Å². The molecule has 0 radical (unpaired) electrons. The second-order valence-electron chi connectivity index (χ2n) is 7.97. The molecule has 5 aromatic heterocycles. The highest BCUT2D eigenvalue weighted by Gasteiger charge is 2.17. The predicted octanol–water partition coefficient (Wildman–Crippen LogP) is 5.08. The fourth-order valence-corrected chi connectivity index (χ4v) is 4.09. The van der Waals surface area contributed by atoms with Crippen molar-refractivity contribution in [3.8, 4) is 39.5 Å². The van der Waals surface area contributed by atoms with Crippen LogP contribution >= 0.6 is 0 Å². The average Bonchev–Trinajstić information content (AvgIpc) is 3.46. The summed E-state index contributed by atoms with van der Waals surface area (Å²) in [6.07, 6.45) is 6.82. The van der Waals surface area contributed by atoms with Gasteiger partial charge in [0.25, 0.3) is 0 Å². The number of H-pyrrole nitrogens is 2. The minimum Gasteiger partial charge on any atom is -0.495 e. The van der Waals surface area contributed by atoms with Crippen molar-refractivity contribution < 1.29 is 9.13 Å². The number of methoxy groups -OCH3 is 1. The molecule has 2 N–H and O–H groups in total. The van der Waals surface area contributed by atoms with E-state index >= 15 is 0 Å². The Labute approximate surface area is 192 Å². The lowest BCUT2D eigenvalue weighted by Crippen LogP contribution is -1.88. The second kappa shape index (κ2) is 7.73. The van der Waals surface area contributed by atoms with Crippen LogP contribution in [0.3, 0.4) is 0 Å². The zero-order valence-electron chi connectivity index (χ0n) is 18.3. The van der Waals surface area contributed by atoms with Crippen LogP contribution in [0.15, 0.2) is 61.2 Å². The van der Waals surface area contributed by atoms with E-state index in [1.54, 1.807) is 31.9 Å². The first-order valence-electron chi connectivity index (χ1n) is 10.6. The van der Waals surface area contributed by atoms with Gasteiger partial charge in [-0.2, -0.15) is 5.10 Å². The van der Waals surface area contributed by atoms with E-state index in [2.05, 4.69) is 35.1 Å². The van der Waals surface area contributed by atoms with E-state index < -0.39 is 0 Å². The van der Waals surface area contributed by atoms with E-state index in [4.69, 9.17) is 4.74 Å². The number of ether oxygens (including phenoxy) is 1. The number of hydrogen-bond donors (Lipinski definition) is 2. The molecule has 34 heavy (non-hydrogen) atoms. The first-order chi connectivity index (χ1) is 16.6. The number of nitrogens with zero attached hydrogens (tertiary/aromatic N) is 5. The molecular formula is C25H18FN7O. The fourth-order valence-electron chi connectivity index (χ4n) is 4.09. The number of aromatic nitrogens is 7. The lowest BCUT2D eigenvalue weighted by molar-refractivity contribution is 0.413. The van der Waals surface area contributed by atoms with Crippen LogP contribution in [0.5, 0.6) is 5.75 Å². The third-order valence-corrected chi connectivity index (χ3v) is 5.67. The normalized spacial score (nSPS) is 11.4. The molecule has 0 aliphatic carbocycles. The highest BCUT2D eigenvalue weighted by molar-refractivity contribution is 5.96. The van der Waals surface area contributed by atoms with Gasteiger partial charge in [-0.05, 0) is 48.4 Å². The van der Waals surface area contributed by atoms with E-state index in [0.29, 0.717) is 34.1 Å². The summed E-state index contributed by atoms with van der Waals surface area (Å²) in [7, 11) is 1.60. The number of aromatic amines is 2. The van der Waals surface area contributed by atoms with Crippen molar-refractivity contribution in [2.75, 3.05) is 7.11 Å². The Bertz CT molecular complexity index is 1670. The first-order valence-corrected chi connectivity index (χ1v) is 10.6. The summed E-state index contributed by atoms with van der Waals surface area (Å²) in [4.78, 5) is 21.1. The van der Waals surface area contributed by atoms with Crippen LogP contribution in [-0.4, -0.2) is 42.2 Å². The Morgan fingerprint density at radius 3 is 2.65 bits per heavy atom. The number of halogens is 1. The minimum atomic E-state index is -0.287. The molecular weight excluding hydrogens is 433 g/mol. The van der Waals surface area contributed by atoms with Gasteiger partial charge in [0, 0.05) is 35.3 Å². The largest absolute Gasteiger partial charge is 0.495 e. The summed E-state index contributed by atoms with van der Waals surface area (Å²) >= 11 is 0. The highest BCUT2D eigenvalue weighted by atomic mass is 19.1. The maximum atomic E-state index is 14.1. The molecule has 5 heterocycles. The number of benzene rings is 1. The molecule has 166 valence electrons. The van der Waals surface area contributed by atoms with Gasteiger partial charge in [-0.15, -0.1) is 0 Å². The molecule has 0 bridgehead atoms. The van der Waals surface area contributed by atoms with Gasteiger partial charge in [-0.3, -0.25) is 10.1 Å². The number of pyridine rings is 3. The molecule has 1 aromatic carbocycles. The monoisotopic (exact) mass is 451 g/mol. The van der Waals surface area contributed by atoms with Crippen molar-refractivity contribution in [2.45, 2.75) is 6.92 Å². The zero-order valence-corrected chi connectivity index (χ0v) is 18.3. The molecule has 0 unspecified atom stereocenters. The van der Waals surface area contributed by atoms with Crippen LogP contribution in [0.4, 0.5) is 4.39 Å². The van der Waals surface area contributed by atoms with Gasteiger partial charge in [0.05, 0.1) is 24.2 Å². The highest BCUT2D eigenvalue weighted by Crippen LogP contribution is 2.32. The van der Waals surface area contributed by atoms with E-state index in [9.17, 15) is 4.39 Å².